The molecule has 0 spiro atoms. The Morgan fingerprint density at radius 3 is 2.55 bits per heavy atom. The average Bonchev–Trinajstić information content (AvgIpc) is 3.05. The zero-order valence-corrected chi connectivity index (χ0v) is 19.4. The second kappa shape index (κ2) is 8.16. The zero-order chi connectivity index (χ0) is 22.6. The first-order valence-corrected chi connectivity index (χ1v) is 11.6. The third-order valence-corrected chi connectivity index (χ3v) is 8.06. The monoisotopic (exact) mass is 430 g/mol. The van der Waals surface area contributed by atoms with E-state index in [1.165, 1.54) is 18.6 Å². The fraction of sp³-hybridized carbons (Fsp3) is 0.708. The van der Waals surface area contributed by atoms with Gasteiger partial charge in [-0.3, -0.25) is 4.79 Å². The van der Waals surface area contributed by atoms with Crippen molar-refractivity contribution >= 4 is 13.0 Å². The first kappa shape index (κ1) is 22.7. The normalized spacial score (nSPS) is 32.9. The number of amides is 1. The molecule has 7 heteroatoms. The minimum Gasteiger partial charge on any atom is -0.404 e. The number of carbonyl (C=O) groups excluding carboxylic acids is 1. The molecule has 31 heavy (non-hydrogen) atoms. The van der Waals surface area contributed by atoms with Crippen LogP contribution in [0.2, 0.25) is 0 Å². The van der Waals surface area contributed by atoms with Crippen molar-refractivity contribution in [2.45, 2.75) is 84.0 Å². The van der Waals surface area contributed by atoms with Crippen molar-refractivity contribution in [1.29, 1.82) is 0 Å². The van der Waals surface area contributed by atoms with Crippen molar-refractivity contribution in [2.24, 2.45) is 28.9 Å². The van der Waals surface area contributed by atoms with Gasteiger partial charge >= 0.3 is 7.12 Å². The molecule has 170 valence electrons. The molecule has 1 saturated heterocycles. The van der Waals surface area contributed by atoms with Crippen molar-refractivity contribution in [2.75, 3.05) is 0 Å². The van der Waals surface area contributed by atoms with Gasteiger partial charge in [-0.25, -0.2) is 4.39 Å². The Morgan fingerprint density at radius 2 is 1.94 bits per heavy atom. The van der Waals surface area contributed by atoms with Crippen LogP contribution in [0.15, 0.2) is 24.3 Å². The summed E-state index contributed by atoms with van der Waals surface area (Å²) in [6.07, 6.45) is 3.39. The highest BCUT2D eigenvalue weighted by molar-refractivity contribution is 6.47. The van der Waals surface area contributed by atoms with Crippen molar-refractivity contribution in [3.63, 3.8) is 0 Å². The largest absolute Gasteiger partial charge is 0.481 e. The van der Waals surface area contributed by atoms with Crippen molar-refractivity contribution in [1.82, 2.24) is 5.32 Å². The van der Waals surface area contributed by atoms with Gasteiger partial charge in [-0.15, -0.1) is 0 Å². The Balaban J connectivity index is 1.43. The summed E-state index contributed by atoms with van der Waals surface area (Å²) < 4.78 is 26.2. The fourth-order valence-electron chi connectivity index (χ4n) is 6.07. The summed E-state index contributed by atoms with van der Waals surface area (Å²) >= 11 is 0. The maximum Gasteiger partial charge on any atom is 0.481 e. The maximum atomic E-state index is 13.1. The van der Waals surface area contributed by atoms with Gasteiger partial charge in [0.05, 0.1) is 23.7 Å². The molecule has 1 amide bonds. The molecular weight excluding hydrogens is 394 g/mol. The van der Waals surface area contributed by atoms with Crippen molar-refractivity contribution in [3.8, 4) is 0 Å². The van der Waals surface area contributed by atoms with Gasteiger partial charge in [-0.2, -0.15) is 0 Å². The number of hydrogen-bond acceptors (Lipinski definition) is 4. The van der Waals surface area contributed by atoms with Gasteiger partial charge in [-0.05, 0) is 73.5 Å². The maximum absolute atomic E-state index is 13.1. The zero-order valence-electron chi connectivity index (χ0n) is 19.4. The molecule has 1 heterocycles. The van der Waals surface area contributed by atoms with Gasteiger partial charge in [0.25, 0.3) is 0 Å². The first-order chi connectivity index (χ1) is 14.5. The lowest BCUT2D eigenvalue weighted by atomic mass is 9.43. The van der Waals surface area contributed by atoms with Crippen LogP contribution in [0.1, 0.15) is 59.4 Å². The number of nitrogens with one attached hydrogen (secondary N) is 1. The highest BCUT2D eigenvalue weighted by Gasteiger charge is 2.68. The molecule has 1 aromatic rings. The third-order valence-electron chi connectivity index (χ3n) is 8.06. The van der Waals surface area contributed by atoms with E-state index in [1.807, 2.05) is 0 Å². The van der Waals surface area contributed by atoms with E-state index in [-0.39, 0.29) is 34.8 Å². The van der Waals surface area contributed by atoms with Crippen LogP contribution in [0.4, 0.5) is 4.39 Å². The second-order valence-corrected chi connectivity index (χ2v) is 11.0. The highest BCUT2D eigenvalue weighted by Crippen LogP contribution is 2.65. The third kappa shape index (κ3) is 4.17. The van der Waals surface area contributed by atoms with Crippen LogP contribution in [0.3, 0.4) is 0 Å². The van der Waals surface area contributed by atoms with Crippen LogP contribution < -0.4 is 11.1 Å². The van der Waals surface area contributed by atoms with E-state index in [9.17, 15) is 9.18 Å². The van der Waals surface area contributed by atoms with Gasteiger partial charge in [0.1, 0.15) is 5.82 Å². The van der Waals surface area contributed by atoms with E-state index in [1.54, 1.807) is 12.1 Å². The fourth-order valence-corrected chi connectivity index (χ4v) is 6.07. The molecule has 2 bridgehead atoms. The number of carbonyl (C=O) groups is 1. The van der Waals surface area contributed by atoms with E-state index in [2.05, 4.69) is 39.9 Å². The predicted octanol–water partition coefficient (Wildman–Crippen LogP) is 3.49. The summed E-state index contributed by atoms with van der Waals surface area (Å²) in [5.74, 6) is 0.739. The number of nitrogens with two attached hydrogens (primary N) is 1. The predicted molar refractivity (Wildman–Crippen MR) is 120 cm³/mol. The Morgan fingerprint density at radius 1 is 1.26 bits per heavy atom. The molecule has 3 saturated carbocycles. The smallest absolute Gasteiger partial charge is 0.404 e. The van der Waals surface area contributed by atoms with Crippen LogP contribution in [-0.2, 0) is 20.5 Å². The van der Waals surface area contributed by atoms with Crippen LogP contribution in [-0.4, -0.2) is 36.7 Å². The number of hydrogen-bond donors (Lipinski definition) is 2. The quantitative estimate of drug-likeness (QED) is 0.650. The molecule has 5 nitrogen and oxygen atoms in total. The lowest BCUT2D eigenvalue weighted by Gasteiger charge is -2.64. The van der Waals surface area contributed by atoms with Crippen LogP contribution in [0.25, 0.3) is 0 Å². The first-order valence-electron chi connectivity index (χ1n) is 11.6. The Bertz CT molecular complexity index is 818. The Labute approximate surface area is 185 Å². The standard InChI is InChI=1S/C24H36BFN2O3/c1-14(2)10-21(28-22(29)18(27)11-15-6-8-17(26)9-7-15)25-30-20-13-16-12-19(23(16,3)4)24(20,5)31-25/h6-9,14,16,18-21H,10-13,27H2,1-5H3,(H,28,29)/t16-,18-,19-,20+,21-,24-/m0/s1. The molecule has 5 rings (SSSR count). The molecule has 0 radical (unpaired) electrons. The minimum absolute atomic E-state index is 0.0775. The molecule has 1 aliphatic heterocycles. The molecular formula is C24H36BFN2O3. The van der Waals surface area contributed by atoms with Gasteiger partial charge in [-0.1, -0.05) is 39.8 Å². The van der Waals surface area contributed by atoms with Crippen LogP contribution in [0.5, 0.6) is 0 Å². The number of halogens is 1. The number of benzene rings is 1. The molecule has 3 aliphatic carbocycles. The molecule has 0 aromatic heterocycles. The van der Waals surface area contributed by atoms with Gasteiger partial charge < -0.3 is 20.4 Å². The van der Waals surface area contributed by atoms with E-state index >= 15 is 0 Å². The molecule has 3 N–H and O–H groups in total. The Kier molecular flexibility index (Phi) is 5.99. The average molecular weight is 430 g/mol. The molecule has 4 fully saturated rings. The van der Waals surface area contributed by atoms with E-state index in [4.69, 9.17) is 15.0 Å². The van der Waals surface area contributed by atoms with Crippen molar-refractivity contribution < 1.29 is 18.5 Å². The SMILES string of the molecule is CC(C)C[C@H](NC(=O)[C@@H](N)Cc1ccc(F)cc1)B1O[C@@H]2C[C@@H]3C[C@@H](C3(C)C)[C@]2(C)O1. The second-order valence-electron chi connectivity index (χ2n) is 11.0. The summed E-state index contributed by atoms with van der Waals surface area (Å²) in [4.78, 5) is 12.9. The minimum atomic E-state index is -0.717. The lowest BCUT2D eigenvalue weighted by Crippen LogP contribution is -2.65. The topological polar surface area (TPSA) is 73.6 Å². The van der Waals surface area contributed by atoms with Gasteiger partial charge in [0, 0.05) is 0 Å². The summed E-state index contributed by atoms with van der Waals surface area (Å²) in [6, 6.07) is 5.38. The summed E-state index contributed by atoms with van der Waals surface area (Å²) in [7, 11) is -0.463. The molecule has 1 aromatic carbocycles. The highest BCUT2D eigenvalue weighted by atomic mass is 19.1. The molecule has 0 unspecified atom stereocenters. The summed E-state index contributed by atoms with van der Waals surface area (Å²) in [5.41, 5.74) is 6.99. The van der Waals surface area contributed by atoms with E-state index in [0.717, 1.165) is 18.4 Å². The lowest BCUT2D eigenvalue weighted by molar-refractivity contribution is -0.199. The van der Waals surface area contributed by atoms with Crippen LogP contribution >= 0.6 is 0 Å². The molecule has 6 atom stereocenters. The Hall–Kier alpha value is -1.44. The van der Waals surface area contributed by atoms with Gasteiger partial charge in [0.15, 0.2) is 0 Å². The van der Waals surface area contributed by atoms with Crippen molar-refractivity contribution in [3.05, 3.63) is 35.6 Å². The summed E-state index contributed by atoms with van der Waals surface area (Å²) in [6.45, 7) is 11.1. The number of rotatable bonds is 7. The van der Waals surface area contributed by atoms with Crippen LogP contribution in [0, 0.1) is 29.0 Å². The van der Waals surface area contributed by atoms with E-state index in [0.29, 0.717) is 24.2 Å². The summed E-state index contributed by atoms with van der Waals surface area (Å²) in [5, 5.41) is 3.11. The van der Waals surface area contributed by atoms with E-state index < -0.39 is 13.2 Å². The van der Waals surface area contributed by atoms with Gasteiger partial charge in [0.2, 0.25) is 5.91 Å². The molecule has 4 aliphatic rings.